The molecule has 0 radical (unpaired) electrons. The second-order valence-corrected chi connectivity index (χ2v) is 8.82. The molecule has 0 saturated heterocycles. The highest BCUT2D eigenvalue weighted by molar-refractivity contribution is 5.94. The molecule has 1 aliphatic rings. The zero-order valence-corrected chi connectivity index (χ0v) is 18.8. The van der Waals surface area contributed by atoms with E-state index in [9.17, 15) is 9.90 Å². The Hall–Kier alpha value is -3.15. The zero-order valence-electron chi connectivity index (χ0n) is 18.8. The fraction of sp³-hybridized carbons (Fsp3) is 0.321. The van der Waals surface area contributed by atoms with Gasteiger partial charge in [-0.25, -0.2) is 0 Å². The van der Waals surface area contributed by atoms with Gasteiger partial charge in [0.05, 0.1) is 6.10 Å². The van der Waals surface area contributed by atoms with E-state index in [2.05, 4.69) is 17.4 Å². The number of carbonyl (C=O) groups excluding carboxylic acids is 1. The van der Waals surface area contributed by atoms with Crippen LogP contribution in [0.25, 0.3) is 0 Å². The van der Waals surface area contributed by atoms with E-state index >= 15 is 0 Å². The summed E-state index contributed by atoms with van der Waals surface area (Å²) in [7, 11) is 0. The number of amides is 1. The number of fused-ring (bicyclic) bond motifs is 1. The van der Waals surface area contributed by atoms with Crippen molar-refractivity contribution in [2.45, 2.75) is 44.4 Å². The quantitative estimate of drug-likeness (QED) is 0.355. The Bertz CT molecular complexity index is 1040. The summed E-state index contributed by atoms with van der Waals surface area (Å²) < 4.78 is 5.73. The van der Waals surface area contributed by atoms with Crippen LogP contribution in [0.4, 0.5) is 0 Å². The molecule has 1 amide bonds. The summed E-state index contributed by atoms with van der Waals surface area (Å²) in [5.74, 6) is 0.974. The molecule has 5 nitrogen and oxygen atoms in total. The van der Waals surface area contributed by atoms with E-state index in [1.807, 2.05) is 54.6 Å². The highest BCUT2D eigenvalue weighted by Crippen LogP contribution is 2.29. The molecule has 33 heavy (non-hydrogen) atoms. The number of ether oxygens (including phenoxy) is 1. The minimum Gasteiger partial charge on any atom is -0.491 e. The van der Waals surface area contributed by atoms with Crippen LogP contribution in [0.1, 0.15) is 52.5 Å². The highest BCUT2D eigenvalue weighted by Gasteiger charge is 2.21. The summed E-state index contributed by atoms with van der Waals surface area (Å²) in [6.45, 7) is 0.295. The third kappa shape index (κ3) is 6.44. The van der Waals surface area contributed by atoms with Crippen LogP contribution in [0.15, 0.2) is 78.9 Å². The summed E-state index contributed by atoms with van der Waals surface area (Å²) >= 11 is 0. The van der Waals surface area contributed by atoms with Gasteiger partial charge >= 0.3 is 0 Å². The van der Waals surface area contributed by atoms with Crippen LogP contribution >= 0.6 is 0 Å². The predicted octanol–water partition coefficient (Wildman–Crippen LogP) is 4.40. The Labute approximate surface area is 195 Å². The third-order valence-corrected chi connectivity index (χ3v) is 6.27. The summed E-state index contributed by atoms with van der Waals surface area (Å²) in [5.41, 5.74) is 10.4. The van der Waals surface area contributed by atoms with Gasteiger partial charge in [-0.3, -0.25) is 4.79 Å². The monoisotopic (exact) mass is 444 g/mol. The molecule has 3 aromatic carbocycles. The number of benzene rings is 3. The van der Waals surface area contributed by atoms with Crippen molar-refractivity contribution in [1.82, 2.24) is 5.32 Å². The molecule has 3 aromatic rings. The van der Waals surface area contributed by atoms with Crippen LogP contribution in [0.3, 0.4) is 0 Å². The lowest BCUT2D eigenvalue weighted by atomic mass is 9.91. The Morgan fingerprint density at radius 1 is 1.03 bits per heavy atom. The normalized spacial score (nSPS) is 17.3. The number of rotatable bonds is 8. The molecule has 0 aromatic heterocycles. The van der Waals surface area contributed by atoms with Gasteiger partial charge in [0.25, 0.3) is 5.91 Å². The Morgan fingerprint density at radius 3 is 2.52 bits per heavy atom. The van der Waals surface area contributed by atoms with Crippen molar-refractivity contribution < 1.29 is 14.6 Å². The van der Waals surface area contributed by atoms with Crippen LogP contribution in [-0.4, -0.2) is 23.7 Å². The van der Waals surface area contributed by atoms with E-state index in [1.54, 1.807) is 12.1 Å². The second-order valence-electron chi connectivity index (χ2n) is 8.82. The second kappa shape index (κ2) is 11.1. The number of para-hydroxylation sites is 1. The molecule has 2 unspecified atom stereocenters. The molecule has 5 heteroatoms. The van der Waals surface area contributed by atoms with Gasteiger partial charge in [0, 0.05) is 5.56 Å². The molecule has 0 fully saturated rings. The lowest BCUT2D eigenvalue weighted by Gasteiger charge is -2.20. The number of carbonyl (C=O) groups is 1. The van der Waals surface area contributed by atoms with Crippen molar-refractivity contribution in [3.8, 4) is 5.75 Å². The number of nitrogens with two attached hydrogens (primary N) is 1. The molecular weight excluding hydrogens is 412 g/mol. The Kier molecular flexibility index (Phi) is 7.76. The largest absolute Gasteiger partial charge is 0.491 e. The number of nitrogens with one attached hydrogen (secondary N) is 1. The van der Waals surface area contributed by atoms with Gasteiger partial charge in [0.2, 0.25) is 0 Å². The standard InChI is InChI=1S/C28H32N2O3/c29-27(30-28(32)22-9-3-1-4-10-22)23-15-14-21-11-7-8-20(16-24(21)18-23)17-25(31)19-33-26-12-5-2-6-13-26/h1-6,9-10,12-15,18,20,25,27,31H,7-8,11,16-17,19,29H2,(H,30,32)/t20?,25-,27?/m0/s1. The molecular formula is C28H32N2O3. The average Bonchev–Trinajstić information content (AvgIpc) is 3.05. The average molecular weight is 445 g/mol. The Morgan fingerprint density at radius 2 is 1.76 bits per heavy atom. The van der Waals surface area contributed by atoms with Crippen LogP contribution in [-0.2, 0) is 12.8 Å². The minimum absolute atomic E-state index is 0.183. The van der Waals surface area contributed by atoms with Crippen LogP contribution < -0.4 is 15.8 Å². The van der Waals surface area contributed by atoms with Gasteiger partial charge in [-0.15, -0.1) is 0 Å². The van der Waals surface area contributed by atoms with E-state index in [-0.39, 0.29) is 5.91 Å². The first-order valence-corrected chi connectivity index (χ1v) is 11.7. The lowest BCUT2D eigenvalue weighted by Crippen LogP contribution is -2.34. The van der Waals surface area contributed by atoms with Gasteiger partial charge in [-0.2, -0.15) is 0 Å². The summed E-state index contributed by atoms with van der Waals surface area (Å²) in [4.78, 5) is 12.5. The molecule has 0 heterocycles. The molecule has 172 valence electrons. The minimum atomic E-state index is -0.574. The van der Waals surface area contributed by atoms with E-state index < -0.39 is 12.3 Å². The lowest BCUT2D eigenvalue weighted by molar-refractivity contribution is 0.0833. The van der Waals surface area contributed by atoms with Gasteiger partial charge in [-0.1, -0.05) is 54.6 Å². The first-order chi connectivity index (χ1) is 16.1. The van der Waals surface area contributed by atoms with E-state index in [0.717, 1.165) is 37.0 Å². The maximum absolute atomic E-state index is 12.5. The SMILES string of the molecule is NC(NC(=O)c1ccccc1)c1ccc2c(c1)CC(C[C@H](O)COc1ccccc1)CCC2. The number of aryl methyl sites for hydroxylation is 1. The molecule has 1 aliphatic carbocycles. The van der Waals surface area contributed by atoms with Crippen molar-refractivity contribution in [3.05, 3.63) is 101 Å². The molecule has 4 rings (SSSR count). The predicted molar refractivity (Wildman–Crippen MR) is 130 cm³/mol. The summed E-state index contributed by atoms with van der Waals surface area (Å²) in [5, 5.41) is 13.5. The van der Waals surface area contributed by atoms with Crippen molar-refractivity contribution >= 4 is 5.91 Å². The molecule has 3 atom stereocenters. The van der Waals surface area contributed by atoms with Gasteiger partial charge in [0.15, 0.2) is 0 Å². The van der Waals surface area contributed by atoms with Crippen LogP contribution in [0.2, 0.25) is 0 Å². The molecule has 0 aliphatic heterocycles. The van der Waals surface area contributed by atoms with Crippen molar-refractivity contribution in [2.24, 2.45) is 11.7 Å². The van der Waals surface area contributed by atoms with Gasteiger partial charge < -0.3 is 20.9 Å². The maximum atomic E-state index is 12.5. The molecule has 0 bridgehead atoms. The van der Waals surface area contributed by atoms with Crippen LogP contribution in [0.5, 0.6) is 5.75 Å². The van der Waals surface area contributed by atoms with E-state index in [4.69, 9.17) is 10.5 Å². The van der Waals surface area contributed by atoms with Crippen molar-refractivity contribution in [3.63, 3.8) is 0 Å². The summed E-state index contributed by atoms with van der Waals surface area (Å²) in [6, 6.07) is 25.0. The highest BCUT2D eigenvalue weighted by atomic mass is 16.5. The van der Waals surface area contributed by atoms with Crippen molar-refractivity contribution in [1.29, 1.82) is 0 Å². The van der Waals surface area contributed by atoms with Gasteiger partial charge in [0.1, 0.15) is 18.5 Å². The summed E-state index contributed by atoms with van der Waals surface area (Å²) in [6.07, 6.45) is 3.71. The number of hydrogen-bond acceptors (Lipinski definition) is 4. The zero-order chi connectivity index (χ0) is 23.0. The van der Waals surface area contributed by atoms with Crippen LogP contribution in [0, 0.1) is 5.92 Å². The number of aliphatic hydroxyl groups is 1. The fourth-order valence-corrected chi connectivity index (χ4v) is 4.53. The topological polar surface area (TPSA) is 84.6 Å². The van der Waals surface area contributed by atoms with E-state index in [1.165, 1.54) is 11.1 Å². The first kappa shape index (κ1) is 23.0. The maximum Gasteiger partial charge on any atom is 0.252 e. The molecule has 0 spiro atoms. The number of hydrogen-bond donors (Lipinski definition) is 3. The van der Waals surface area contributed by atoms with E-state index in [0.29, 0.717) is 24.5 Å². The van der Waals surface area contributed by atoms with Gasteiger partial charge in [-0.05, 0) is 79.0 Å². The smallest absolute Gasteiger partial charge is 0.252 e. The fourth-order valence-electron chi connectivity index (χ4n) is 4.53. The first-order valence-electron chi connectivity index (χ1n) is 11.7. The number of aliphatic hydroxyl groups excluding tert-OH is 1. The Balaban J connectivity index is 1.37. The third-order valence-electron chi connectivity index (χ3n) is 6.27. The van der Waals surface area contributed by atoms with Crippen molar-refractivity contribution in [2.75, 3.05) is 6.61 Å². The molecule has 0 saturated carbocycles. The molecule has 4 N–H and O–H groups in total.